The number of hydrogen-bond acceptors (Lipinski definition) is 5. The Bertz CT molecular complexity index is 416. The molecule has 5 nitrogen and oxygen atoms in total. The third-order valence-electron chi connectivity index (χ3n) is 3.05. The molecule has 0 radical (unpaired) electrons. The average Bonchev–Trinajstić information content (AvgIpc) is 2.67. The Labute approximate surface area is 142 Å². The fraction of sp³-hybridized carbons (Fsp3) is 0.692. The minimum atomic E-state index is -0.856. The molecule has 0 aromatic heterocycles. The summed E-state index contributed by atoms with van der Waals surface area (Å²) in [7, 11) is 0. The number of nitrogens with zero attached hydrogens (tertiary/aromatic N) is 1. The lowest BCUT2D eigenvalue weighted by Gasteiger charge is -2.20. The number of carbonyl (C=O) groups excluding carboxylic acids is 1. The normalized spacial score (nSPS) is 23.7. The second-order valence-corrected chi connectivity index (χ2v) is 6.62. The zero-order chi connectivity index (χ0) is 13.9. The number of amides is 1. The number of aliphatic imine (C=N–C) groups is 1. The Morgan fingerprint density at radius 3 is 2.57 bits per heavy atom. The molecule has 0 spiro atoms. The van der Waals surface area contributed by atoms with Gasteiger partial charge in [0.25, 0.3) is 5.24 Å². The molecule has 0 unspecified atom stereocenters. The third kappa shape index (κ3) is 7.02. The molecular formula is C13H23Cl2N3O2S. The van der Waals surface area contributed by atoms with Crippen LogP contribution < -0.4 is 10.6 Å². The SMILES string of the molecule is CC(C)(O)CN=C1NC(=O)SC1=CC1CCNCC1.Cl.Cl. The summed E-state index contributed by atoms with van der Waals surface area (Å²) < 4.78 is 0. The number of rotatable bonds is 3. The topological polar surface area (TPSA) is 73.7 Å². The van der Waals surface area contributed by atoms with Crippen LogP contribution in [-0.2, 0) is 0 Å². The molecule has 0 atom stereocenters. The van der Waals surface area contributed by atoms with E-state index in [1.165, 1.54) is 11.8 Å². The van der Waals surface area contributed by atoms with Crippen molar-refractivity contribution in [1.82, 2.24) is 10.6 Å². The van der Waals surface area contributed by atoms with E-state index in [1.807, 2.05) is 0 Å². The van der Waals surface area contributed by atoms with Crippen LogP contribution in [0.1, 0.15) is 26.7 Å². The quantitative estimate of drug-likeness (QED) is 0.726. The van der Waals surface area contributed by atoms with Crippen LogP contribution in [0.25, 0.3) is 0 Å². The number of nitrogens with one attached hydrogen (secondary N) is 2. The Balaban J connectivity index is 0.00000200. The number of carbonyl (C=O) groups is 1. The minimum Gasteiger partial charge on any atom is -0.389 e. The molecule has 2 fully saturated rings. The lowest BCUT2D eigenvalue weighted by molar-refractivity contribution is 0.0904. The molecule has 1 amide bonds. The van der Waals surface area contributed by atoms with Gasteiger partial charge in [-0.2, -0.15) is 0 Å². The highest BCUT2D eigenvalue weighted by Crippen LogP contribution is 2.28. The van der Waals surface area contributed by atoms with E-state index in [2.05, 4.69) is 21.7 Å². The van der Waals surface area contributed by atoms with Gasteiger partial charge in [0.1, 0.15) is 5.84 Å². The lowest BCUT2D eigenvalue weighted by atomic mass is 9.97. The molecule has 0 bridgehead atoms. The summed E-state index contributed by atoms with van der Waals surface area (Å²) in [5.74, 6) is 1.11. The van der Waals surface area contributed by atoms with Crippen LogP contribution in [0.5, 0.6) is 0 Å². The van der Waals surface area contributed by atoms with Crippen molar-refractivity contribution in [2.45, 2.75) is 32.3 Å². The highest BCUT2D eigenvalue weighted by Gasteiger charge is 2.25. The van der Waals surface area contributed by atoms with Crippen LogP contribution in [0.2, 0.25) is 0 Å². The number of amidine groups is 1. The van der Waals surface area contributed by atoms with Gasteiger partial charge < -0.3 is 15.7 Å². The molecule has 0 saturated carbocycles. The maximum Gasteiger partial charge on any atom is 0.289 e. The highest BCUT2D eigenvalue weighted by molar-refractivity contribution is 8.18. The molecule has 2 saturated heterocycles. The summed E-state index contributed by atoms with van der Waals surface area (Å²) in [5.41, 5.74) is -0.856. The van der Waals surface area contributed by atoms with Gasteiger partial charge in [0.2, 0.25) is 0 Å². The first-order valence-corrected chi connectivity index (χ1v) is 7.44. The number of aliphatic hydroxyl groups is 1. The summed E-state index contributed by atoms with van der Waals surface area (Å²) in [5, 5.41) is 15.7. The summed E-state index contributed by atoms with van der Waals surface area (Å²) in [6, 6.07) is 0. The first-order chi connectivity index (χ1) is 8.94. The van der Waals surface area contributed by atoms with E-state index in [1.54, 1.807) is 13.8 Å². The Morgan fingerprint density at radius 2 is 2.00 bits per heavy atom. The van der Waals surface area contributed by atoms with Gasteiger partial charge in [-0.05, 0) is 57.5 Å². The van der Waals surface area contributed by atoms with E-state index >= 15 is 0 Å². The molecule has 3 N–H and O–H groups in total. The van der Waals surface area contributed by atoms with Crippen molar-refractivity contribution in [3.8, 4) is 0 Å². The van der Waals surface area contributed by atoms with Crippen molar-refractivity contribution in [2.75, 3.05) is 19.6 Å². The van der Waals surface area contributed by atoms with Gasteiger partial charge in [0, 0.05) is 0 Å². The van der Waals surface area contributed by atoms with Crippen LogP contribution in [0.4, 0.5) is 4.79 Å². The number of thioether (sulfide) groups is 1. The molecule has 2 aliphatic heterocycles. The van der Waals surface area contributed by atoms with E-state index in [4.69, 9.17) is 0 Å². The number of allylic oxidation sites excluding steroid dienone is 1. The van der Waals surface area contributed by atoms with Crippen LogP contribution in [0.15, 0.2) is 16.0 Å². The van der Waals surface area contributed by atoms with E-state index in [0.717, 1.165) is 30.8 Å². The summed E-state index contributed by atoms with van der Waals surface area (Å²) >= 11 is 1.20. The first kappa shape index (κ1) is 20.7. The maximum atomic E-state index is 11.5. The summed E-state index contributed by atoms with van der Waals surface area (Å²) in [4.78, 5) is 16.7. The van der Waals surface area contributed by atoms with Crippen molar-refractivity contribution in [3.63, 3.8) is 0 Å². The van der Waals surface area contributed by atoms with Crippen molar-refractivity contribution in [3.05, 3.63) is 11.0 Å². The third-order valence-corrected chi connectivity index (χ3v) is 3.89. The van der Waals surface area contributed by atoms with E-state index in [-0.39, 0.29) is 36.6 Å². The van der Waals surface area contributed by atoms with Gasteiger partial charge in [-0.3, -0.25) is 9.79 Å². The minimum absolute atomic E-state index is 0. The standard InChI is InChI=1S/C13H21N3O2S.2ClH/c1-13(2,18)8-15-11-10(19-12(17)16-11)7-9-3-5-14-6-4-9;;/h7,9,14,18H,3-6,8H2,1-2H3,(H,15,16,17);2*1H. The zero-order valence-electron chi connectivity index (χ0n) is 12.2. The zero-order valence-corrected chi connectivity index (χ0v) is 14.7. The molecule has 0 aliphatic carbocycles. The van der Waals surface area contributed by atoms with Crippen LogP contribution in [-0.4, -0.2) is 41.4 Å². The van der Waals surface area contributed by atoms with Crippen LogP contribution in [0, 0.1) is 5.92 Å². The Morgan fingerprint density at radius 1 is 1.38 bits per heavy atom. The molecular weight excluding hydrogens is 333 g/mol. The van der Waals surface area contributed by atoms with Crippen LogP contribution in [0.3, 0.4) is 0 Å². The fourth-order valence-electron chi connectivity index (χ4n) is 2.06. The van der Waals surface area contributed by atoms with Gasteiger partial charge in [-0.15, -0.1) is 24.8 Å². The lowest BCUT2D eigenvalue weighted by Crippen LogP contribution is -2.28. The maximum absolute atomic E-state index is 11.5. The predicted molar refractivity (Wildman–Crippen MR) is 92.9 cm³/mol. The highest BCUT2D eigenvalue weighted by atomic mass is 35.5. The summed E-state index contributed by atoms with van der Waals surface area (Å²) in [6.07, 6.45) is 4.33. The van der Waals surface area contributed by atoms with Gasteiger partial charge in [-0.25, -0.2) is 0 Å². The van der Waals surface area contributed by atoms with Crippen molar-refractivity contribution < 1.29 is 9.90 Å². The molecule has 122 valence electrons. The molecule has 2 rings (SSSR count). The van der Waals surface area contributed by atoms with Crippen LogP contribution >= 0.6 is 36.6 Å². The molecule has 2 aliphatic rings. The predicted octanol–water partition coefficient (Wildman–Crippen LogP) is 2.34. The van der Waals surface area contributed by atoms with Crippen molar-refractivity contribution in [1.29, 1.82) is 0 Å². The Hall–Kier alpha value is -0.270. The molecule has 21 heavy (non-hydrogen) atoms. The monoisotopic (exact) mass is 355 g/mol. The van der Waals surface area contributed by atoms with Crippen molar-refractivity contribution >= 4 is 47.7 Å². The largest absolute Gasteiger partial charge is 0.389 e. The number of hydrogen-bond donors (Lipinski definition) is 3. The number of piperidine rings is 1. The molecule has 8 heteroatoms. The Kier molecular flexibility index (Phi) is 8.89. The first-order valence-electron chi connectivity index (χ1n) is 6.62. The second-order valence-electron chi connectivity index (χ2n) is 5.61. The average molecular weight is 356 g/mol. The van der Waals surface area contributed by atoms with Gasteiger partial charge in [-0.1, -0.05) is 6.08 Å². The van der Waals surface area contributed by atoms with E-state index in [0.29, 0.717) is 11.8 Å². The van der Waals surface area contributed by atoms with E-state index in [9.17, 15) is 9.90 Å². The second kappa shape index (κ2) is 9.00. The smallest absolute Gasteiger partial charge is 0.289 e. The molecule has 0 aromatic carbocycles. The van der Waals surface area contributed by atoms with E-state index < -0.39 is 5.60 Å². The summed E-state index contributed by atoms with van der Waals surface area (Å²) in [6.45, 7) is 5.74. The fourth-order valence-corrected chi connectivity index (χ4v) is 2.88. The van der Waals surface area contributed by atoms with Gasteiger partial charge >= 0.3 is 0 Å². The number of halogens is 2. The molecule has 2 heterocycles. The molecule has 0 aromatic rings. The van der Waals surface area contributed by atoms with Gasteiger partial charge in [0.15, 0.2) is 0 Å². The van der Waals surface area contributed by atoms with Gasteiger partial charge in [0.05, 0.1) is 17.1 Å². The van der Waals surface area contributed by atoms with Crippen molar-refractivity contribution in [2.24, 2.45) is 10.9 Å².